The number of carbonyl (C=O) groups excluding carboxylic acids is 1. The smallest absolute Gasteiger partial charge is 0.234 e. The van der Waals surface area contributed by atoms with E-state index in [1.165, 1.54) is 6.26 Å². The summed E-state index contributed by atoms with van der Waals surface area (Å²) < 4.78 is 28.8. The van der Waals surface area contributed by atoms with Crippen molar-refractivity contribution in [2.45, 2.75) is 30.7 Å². The van der Waals surface area contributed by atoms with Gasteiger partial charge in [0.2, 0.25) is 5.91 Å². The molecule has 0 N–H and O–H groups in total. The number of furan rings is 1. The Morgan fingerprint density at radius 1 is 1.25 bits per heavy atom. The molecule has 1 aromatic carbocycles. The Bertz CT molecular complexity index is 849. The molecule has 0 radical (unpaired) electrons. The number of thioether (sulfide) groups is 1. The van der Waals surface area contributed by atoms with Gasteiger partial charge in [-0.2, -0.15) is 0 Å². The van der Waals surface area contributed by atoms with Crippen molar-refractivity contribution in [1.29, 1.82) is 0 Å². The lowest BCUT2D eigenvalue weighted by atomic mass is 10.2. The molecule has 1 aliphatic heterocycles. The average molecular weight is 365 g/mol. The van der Waals surface area contributed by atoms with Gasteiger partial charge in [-0.25, -0.2) is 8.42 Å². The molecule has 1 unspecified atom stereocenters. The first kappa shape index (κ1) is 17.1. The molecule has 2 aromatic rings. The molecule has 128 valence electrons. The lowest BCUT2D eigenvalue weighted by molar-refractivity contribution is -0.128. The number of nitrogens with zero attached hydrogens (tertiary/aromatic N) is 1. The number of benzene rings is 1. The van der Waals surface area contributed by atoms with Gasteiger partial charge in [0.15, 0.2) is 9.84 Å². The number of rotatable bonds is 4. The fraction of sp³-hybridized carbons (Fsp3) is 0.353. The van der Waals surface area contributed by atoms with Crippen molar-refractivity contribution in [3.63, 3.8) is 0 Å². The molecule has 1 atom stereocenters. The molecule has 1 aromatic heterocycles. The van der Waals surface area contributed by atoms with Crippen LogP contribution in [0.25, 0.3) is 0 Å². The number of aryl methyl sites for hydroxylation is 2. The van der Waals surface area contributed by atoms with E-state index in [1.54, 1.807) is 40.9 Å². The molecule has 3 rings (SSSR count). The third-order valence-corrected chi connectivity index (χ3v) is 6.45. The van der Waals surface area contributed by atoms with Gasteiger partial charge in [0.05, 0.1) is 10.6 Å². The minimum absolute atomic E-state index is 0.0592. The Morgan fingerprint density at radius 3 is 2.46 bits per heavy atom. The van der Waals surface area contributed by atoms with Gasteiger partial charge in [-0.15, -0.1) is 11.8 Å². The lowest BCUT2D eigenvalue weighted by Gasteiger charge is -2.22. The molecule has 1 aliphatic rings. The Kier molecular flexibility index (Phi) is 4.48. The maximum absolute atomic E-state index is 12.2. The standard InChI is InChI=1S/C17H19NO4S2/c1-11-8-15(22-12(11)2)17-18(16(19)10-23-17)9-13-4-6-14(7-5-13)24(3,20)21/h4-8,17H,9-10H2,1-3H3. The first-order valence-electron chi connectivity index (χ1n) is 7.52. The summed E-state index contributed by atoms with van der Waals surface area (Å²) in [6.45, 7) is 4.33. The van der Waals surface area contributed by atoms with Gasteiger partial charge >= 0.3 is 0 Å². The molecule has 1 saturated heterocycles. The van der Waals surface area contributed by atoms with Crippen molar-refractivity contribution >= 4 is 27.5 Å². The number of carbonyl (C=O) groups is 1. The minimum atomic E-state index is -3.21. The number of hydrogen-bond acceptors (Lipinski definition) is 5. The third-order valence-electron chi connectivity index (χ3n) is 4.10. The molecule has 1 fully saturated rings. The first-order valence-corrected chi connectivity index (χ1v) is 10.5. The zero-order valence-electron chi connectivity index (χ0n) is 13.8. The highest BCUT2D eigenvalue weighted by Gasteiger charge is 2.35. The number of sulfone groups is 1. The maximum atomic E-state index is 12.2. The summed E-state index contributed by atoms with van der Waals surface area (Å²) in [4.78, 5) is 14.3. The van der Waals surface area contributed by atoms with Crippen LogP contribution in [0.2, 0.25) is 0 Å². The third kappa shape index (κ3) is 3.37. The molecule has 0 spiro atoms. The van der Waals surface area contributed by atoms with Crippen molar-refractivity contribution in [2.24, 2.45) is 0 Å². The van der Waals surface area contributed by atoms with Crippen LogP contribution >= 0.6 is 11.8 Å². The minimum Gasteiger partial charge on any atom is -0.463 e. The van der Waals surface area contributed by atoms with Gasteiger partial charge in [0, 0.05) is 12.8 Å². The van der Waals surface area contributed by atoms with E-state index in [2.05, 4.69) is 0 Å². The van der Waals surface area contributed by atoms with Crippen LogP contribution in [0.3, 0.4) is 0 Å². The molecule has 7 heteroatoms. The maximum Gasteiger partial charge on any atom is 0.234 e. The molecule has 0 bridgehead atoms. The predicted octanol–water partition coefficient (Wildman–Crippen LogP) is 3.07. The zero-order chi connectivity index (χ0) is 17.5. The van der Waals surface area contributed by atoms with Gasteiger partial charge in [-0.3, -0.25) is 4.79 Å². The normalized spacial score (nSPS) is 18.4. The quantitative estimate of drug-likeness (QED) is 0.833. The highest BCUT2D eigenvalue weighted by atomic mass is 32.2. The van der Waals surface area contributed by atoms with Gasteiger partial charge < -0.3 is 9.32 Å². The summed E-state index contributed by atoms with van der Waals surface area (Å²) in [5.41, 5.74) is 1.96. The Labute approximate surface area is 146 Å². The number of hydrogen-bond donors (Lipinski definition) is 0. The molecule has 24 heavy (non-hydrogen) atoms. The largest absolute Gasteiger partial charge is 0.463 e. The molecule has 2 heterocycles. The van der Waals surface area contributed by atoms with E-state index in [4.69, 9.17) is 4.42 Å². The van der Waals surface area contributed by atoms with Gasteiger partial charge in [-0.05, 0) is 43.2 Å². The molecule has 0 saturated carbocycles. The monoisotopic (exact) mass is 365 g/mol. The van der Waals surface area contributed by atoms with E-state index >= 15 is 0 Å². The second-order valence-corrected chi connectivity index (χ2v) is 9.07. The second kappa shape index (κ2) is 6.29. The van der Waals surface area contributed by atoms with Crippen molar-refractivity contribution < 1.29 is 17.6 Å². The first-order chi connectivity index (χ1) is 11.3. The van der Waals surface area contributed by atoms with E-state index in [0.717, 1.165) is 22.6 Å². The van der Waals surface area contributed by atoms with Crippen molar-refractivity contribution in [3.8, 4) is 0 Å². The predicted molar refractivity (Wildman–Crippen MR) is 93.5 cm³/mol. The highest BCUT2D eigenvalue weighted by molar-refractivity contribution is 8.00. The van der Waals surface area contributed by atoms with Crippen LogP contribution in [0.15, 0.2) is 39.6 Å². The van der Waals surface area contributed by atoms with E-state index in [-0.39, 0.29) is 16.2 Å². The average Bonchev–Trinajstić information content (AvgIpc) is 3.03. The van der Waals surface area contributed by atoms with Crippen molar-refractivity contribution in [2.75, 3.05) is 12.0 Å². The second-order valence-electron chi connectivity index (χ2n) is 5.99. The summed E-state index contributed by atoms with van der Waals surface area (Å²) in [6.07, 6.45) is 1.18. The van der Waals surface area contributed by atoms with E-state index in [1.807, 2.05) is 19.9 Å². The molecule has 0 aliphatic carbocycles. The van der Waals surface area contributed by atoms with Crippen LogP contribution < -0.4 is 0 Å². The fourth-order valence-electron chi connectivity index (χ4n) is 2.62. The van der Waals surface area contributed by atoms with Crippen LogP contribution in [-0.2, 0) is 21.2 Å². The van der Waals surface area contributed by atoms with Crippen LogP contribution in [0.4, 0.5) is 0 Å². The summed E-state index contributed by atoms with van der Waals surface area (Å²) >= 11 is 1.55. The van der Waals surface area contributed by atoms with Gasteiger partial charge in [-0.1, -0.05) is 12.1 Å². The molecular weight excluding hydrogens is 346 g/mol. The summed E-state index contributed by atoms with van der Waals surface area (Å²) in [5, 5.41) is -0.139. The van der Waals surface area contributed by atoms with Gasteiger partial charge in [0.25, 0.3) is 0 Å². The van der Waals surface area contributed by atoms with Crippen LogP contribution in [0.1, 0.15) is 28.0 Å². The molecule has 5 nitrogen and oxygen atoms in total. The highest BCUT2D eigenvalue weighted by Crippen LogP contribution is 2.40. The lowest BCUT2D eigenvalue weighted by Crippen LogP contribution is -2.27. The van der Waals surface area contributed by atoms with Gasteiger partial charge in [0.1, 0.15) is 16.9 Å². The topological polar surface area (TPSA) is 67.6 Å². The zero-order valence-corrected chi connectivity index (χ0v) is 15.4. The Morgan fingerprint density at radius 2 is 1.92 bits per heavy atom. The Hall–Kier alpha value is -1.73. The summed E-state index contributed by atoms with van der Waals surface area (Å²) in [5.74, 6) is 2.13. The van der Waals surface area contributed by atoms with E-state index in [9.17, 15) is 13.2 Å². The van der Waals surface area contributed by atoms with E-state index < -0.39 is 9.84 Å². The number of amides is 1. The fourth-order valence-corrected chi connectivity index (χ4v) is 4.37. The summed E-state index contributed by atoms with van der Waals surface area (Å²) in [6, 6.07) is 8.64. The summed E-state index contributed by atoms with van der Waals surface area (Å²) in [7, 11) is -3.21. The van der Waals surface area contributed by atoms with Crippen LogP contribution in [0, 0.1) is 13.8 Å². The Balaban J connectivity index is 1.83. The van der Waals surface area contributed by atoms with Crippen molar-refractivity contribution in [3.05, 3.63) is 53.0 Å². The van der Waals surface area contributed by atoms with Crippen LogP contribution in [-0.4, -0.2) is 31.2 Å². The molecular formula is C17H19NO4S2. The SMILES string of the molecule is Cc1cc(C2SCC(=O)N2Cc2ccc(S(C)(=O)=O)cc2)oc1C. The van der Waals surface area contributed by atoms with Crippen molar-refractivity contribution in [1.82, 2.24) is 4.90 Å². The van der Waals surface area contributed by atoms with E-state index in [0.29, 0.717) is 12.3 Å². The molecule has 1 amide bonds. The van der Waals surface area contributed by atoms with Crippen LogP contribution in [0.5, 0.6) is 0 Å².